The van der Waals surface area contributed by atoms with Gasteiger partial charge >= 0.3 is 0 Å². The number of H-pyrrole nitrogens is 1. The molecule has 9 heteroatoms. The molecule has 1 N–H and O–H groups in total. The molecule has 4 heterocycles. The van der Waals surface area contributed by atoms with E-state index < -0.39 is 9.84 Å². The number of carbonyl (C=O) groups excluding carboxylic acids is 1. The molecule has 2 saturated heterocycles. The lowest BCUT2D eigenvalue weighted by Gasteiger charge is -2.41. The smallest absolute Gasteiger partial charge is 0.274 e. The number of nitrogens with zero attached hydrogens (tertiary/aromatic N) is 3. The largest absolute Gasteiger partial charge is 0.330 e. The Morgan fingerprint density at radius 2 is 2.04 bits per heavy atom. The van der Waals surface area contributed by atoms with E-state index in [1.807, 2.05) is 31.0 Å². The molecule has 2 atom stereocenters. The zero-order valence-corrected chi connectivity index (χ0v) is 15.7. The minimum atomic E-state index is -3.11. The monoisotopic (exact) mass is 380 g/mol. The van der Waals surface area contributed by atoms with Crippen LogP contribution >= 0.6 is 11.3 Å². The van der Waals surface area contributed by atoms with Gasteiger partial charge in [-0.1, -0.05) is 0 Å². The topological polar surface area (TPSA) is 86.4 Å². The van der Waals surface area contributed by atoms with Crippen LogP contribution in [0.25, 0.3) is 10.6 Å². The summed E-state index contributed by atoms with van der Waals surface area (Å²) in [4.78, 5) is 18.9. The van der Waals surface area contributed by atoms with Gasteiger partial charge in [-0.25, -0.2) is 8.42 Å². The first-order chi connectivity index (χ1) is 11.8. The lowest BCUT2D eigenvalue weighted by molar-refractivity contribution is 0.0404. The Balaban J connectivity index is 1.59. The van der Waals surface area contributed by atoms with Crippen LogP contribution in [0.3, 0.4) is 0 Å². The van der Waals surface area contributed by atoms with Crippen LogP contribution in [0.5, 0.6) is 0 Å². The van der Waals surface area contributed by atoms with Gasteiger partial charge in [0.1, 0.15) is 0 Å². The van der Waals surface area contributed by atoms with Crippen molar-refractivity contribution >= 4 is 27.1 Å². The zero-order valence-electron chi connectivity index (χ0n) is 14.1. The van der Waals surface area contributed by atoms with Crippen LogP contribution in [-0.2, 0) is 9.84 Å². The first-order valence-electron chi connectivity index (χ1n) is 8.18. The van der Waals surface area contributed by atoms with Crippen LogP contribution in [0.2, 0.25) is 0 Å². The second-order valence-electron chi connectivity index (χ2n) is 6.77. The molecule has 2 aliphatic heterocycles. The number of fused-ring (bicyclic) bond motifs is 1. The second-order valence-corrected chi connectivity index (χ2v) is 10.2. The number of hydrogen-bond donors (Lipinski definition) is 1. The Bertz CT molecular complexity index is 917. The first kappa shape index (κ1) is 16.7. The van der Waals surface area contributed by atoms with Crippen LogP contribution in [0.15, 0.2) is 18.2 Å². The van der Waals surface area contributed by atoms with E-state index in [1.165, 1.54) is 4.88 Å². The predicted molar refractivity (Wildman–Crippen MR) is 96.5 cm³/mol. The average molecular weight is 380 g/mol. The fraction of sp³-hybridized carbons (Fsp3) is 0.500. The van der Waals surface area contributed by atoms with Crippen molar-refractivity contribution in [2.24, 2.45) is 0 Å². The number of nitrogens with one attached hydrogen (secondary N) is 1. The zero-order chi connectivity index (χ0) is 17.8. The van der Waals surface area contributed by atoms with Gasteiger partial charge in [-0.15, -0.1) is 11.3 Å². The van der Waals surface area contributed by atoms with Gasteiger partial charge in [0.2, 0.25) is 0 Å². The molecule has 7 nitrogen and oxygen atoms in total. The lowest BCUT2D eigenvalue weighted by Crippen LogP contribution is -2.59. The summed E-state index contributed by atoms with van der Waals surface area (Å²) in [5.41, 5.74) is 1.15. The number of piperazine rings is 1. The van der Waals surface area contributed by atoms with E-state index >= 15 is 0 Å². The van der Waals surface area contributed by atoms with Crippen molar-refractivity contribution in [2.75, 3.05) is 31.6 Å². The van der Waals surface area contributed by atoms with Gasteiger partial charge in [0, 0.05) is 24.0 Å². The molecule has 0 saturated carbocycles. The molecule has 0 aromatic carbocycles. The van der Waals surface area contributed by atoms with Crippen molar-refractivity contribution in [2.45, 2.75) is 19.0 Å². The van der Waals surface area contributed by atoms with Crippen molar-refractivity contribution in [1.82, 2.24) is 20.0 Å². The molecule has 2 aromatic heterocycles. The maximum Gasteiger partial charge on any atom is 0.274 e. The van der Waals surface area contributed by atoms with E-state index in [-0.39, 0.29) is 29.5 Å². The first-order valence-corrected chi connectivity index (χ1v) is 10.8. The van der Waals surface area contributed by atoms with Gasteiger partial charge < -0.3 is 4.90 Å². The Hall–Kier alpha value is -1.71. The predicted octanol–water partition coefficient (Wildman–Crippen LogP) is 1.000. The van der Waals surface area contributed by atoms with Gasteiger partial charge in [-0.2, -0.15) is 5.10 Å². The molecule has 25 heavy (non-hydrogen) atoms. The Morgan fingerprint density at radius 1 is 1.28 bits per heavy atom. The molecular weight excluding hydrogens is 360 g/mol. The second kappa shape index (κ2) is 5.93. The van der Waals surface area contributed by atoms with Gasteiger partial charge in [0.15, 0.2) is 15.5 Å². The third-order valence-electron chi connectivity index (χ3n) is 5.02. The molecule has 2 aliphatic rings. The van der Waals surface area contributed by atoms with Crippen molar-refractivity contribution in [1.29, 1.82) is 0 Å². The number of amides is 1. The van der Waals surface area contributed by atoms with Crippen LogP contribution in [0.4, 0.5) is 0 Å². The average Bonchev–Trinajstić information content (AvgIpc) is 3.24. The Kier molecular flexibility index (Phi) is 3.97. The van der Waals surface area contributed by atoms with Crippen molar-refractivity contribution < 1.29 is 13.2 Å². The maximum absolute atomic E-state index is 12.9. The van der Waals surface area contributed by atoms with E-state index in [0.29, 0.717) is 18.8 Å². The van der Waals surface area contributed by atoms with E-state index in [4.69, 9.17) is 0 Å². The summed E-state index contributed by atoms with van der Waals surface area (Å²) in [7, 11) is -1.18. The normalized spacial score (nSPS) is 25.9. The van der Waals surface area contributed by atoms with E-state index in [9.17, 15) is 13.2 Å². The molecule has 2 fully saturated rings. The van der Waals surface area contributed by atoms with Crippen LogP contribution in [0, 0.1) is 6.92 Å². The third kappa shape index (κ3) is 3.00. The molecule has 0 spiro atoms. The number of likely N-dealkylation sites (N-methyl/N-ethyl adjacent to an activating group) is 1. The van der Waals surface area contributed by atoms with Crippen LogP contribution < -0.4 is 0 Å². The molecule has 1 amide bonds. The van der Waals surface area contributed by atoms with Crippen LogP contribution in [0.1, 0.15) is 15.4 Å². The molecule has 0 radical (unpaired) electrons. The highest BCUT2D eigenvalue weighted by molar-refractivity contribution is 7.91. The number of aromatic amines is 1. The number of carbonyl (C=O) groups is 1. The summed E-state index contributed by atoms with van der Waals surface area (Å²) in [5.74, 6) is -0.0381. The highest BCUT2D eigenvalue weighted by Gasteiger charge is 2.47. The molecule has 4 rings (SSSR count). The van der Waals surface area contributed by atoms with Gasteiger partial charge in [0.25, 0.3) is 5.91 Å². The van der Waals surface area contributed by atoms with Crippen molar-refractivity contribution in [3.05, 3.63) is 28.8 Å². The summed E-state index contributed by atoms with van der Waals surface area (Å²) in [6.45, 7) is 3.22. The SMILES string of the molecule is Cc1ccc(-c2cc(C(=O)N3CCN(C)[C@H]4CS(=O)(=O)C[C@H]43)n[nH]2)s1. The summed E-state index contributed by atoms with van der Waals surface area (Å²) in [6.07, 6.45) is 0. The highest BCUT2D eigenvalue weighted by atomic mass is 32.2. The Labute approximate surface area is 150 Å². The summed E-state index contributed by atoms with van der Waals surface area (Å²) in [6, 6.07) is 5.36. The number of aryl methyl sites for hydroxylation is 1. The highest BCUT2D eigenvalue weighted by Crippen LogP contribution is 2.29. The summed E-state index contributed by atoms with van der Waals surface area (Å²) >= 11 is 1.63. The lowest BCUT2D eigenvalue weighted by atomic mass is 10.0. The van der Waals surface area contributed by atoms with Gasteiger partial charge in [0.05, 0.1) is 28.1 Å². The Morgan fingerprint density at radius 3 is 2.76 bits per heavy atom. The summed E-state index contributed by atoms with van der Waals surface area (Å²) in [5, 5.41) is 7.10. The van der Waals surface area contributed by atoms with Crippen LogP contribution in [-0.4, -0.2) is 78.0 Å². The number of rotatable bonds is 2. The molecule has 2 aromatic rings. The number of thiophene rings is 1. The molecular formula is C16H20N4O3S2. The van der Waals surface area contributed by atoms with Crippen molar-refractivity contribution in [3.63, 3.8) is 0 Å². The molecule has 134 valence electrons. The fourth-order valence-electron chi connectivity index (χ4n) is 3.66. The minimum Gasteiger partial charge on any atom is -0.330 e. The molecule has 0 unspecified atom stereocenters. The van der Waals surface area contributed by atoms with E-state index in [1.54, 1.807) is 22.3 Å². The van der Waals surface area contributed by atoms with Gasteiger partial charge in [-0.3, -0.25) is 14.8 Å². The van der Waals surface area contributed by atoms with Gasteiger partial charge in [-0.05, 0) is 32.2 Å². The maximum atomic E-state index is 12.9. The standard InChI is InChI=1S/C16H20N4O3S2/c1-10-3-4-15(24-10)11-7-12(18-17-11)16(21)20-6-5-19(2)13-8-25(22,23)9-14(13)20/h3-4,7,13-14H,5-6,8-9H2,1-2H3,(H,17,18)/t13-,14+/m0/s1. The van der Waals surface area contributed by atoms with Crippen molar-refractivity contribution in [3.8, 4) is 10.6 Å². The molecule has 0 bridgehead atoms. The number of sulfone groups is 1. The number of aromatic nitrogens is 2. The number of hydrogen-bond acceptors (Lipinski definition) is 6. The molecule has 0 aliphatic carbocycles. The summed E-state index contributed by atoms with van der Waals surface area (Å²) < 4.78 is 24.1. The van der Waals surface area contributed by atoms with E-state index in [2.05, 4.69) is 10.2 Å². The minimum absolute atomic E-state index is 0.0369. The third-order valence-corrected chi connectivity index (χ3v) is 7.75. The fourth-order valence-corrected chi connectivity index (χ4v) is 6.55. The quantitative estimate of drug-likeness (QED) is 0.840. The van der Waals surface area contributed by atoms with E-state index in [0.717, 1.165) is 10.6 Å².